The molecule has 2 rings (SSSR count). The van der Waals surface area contributed by atoms with Gasteiger partial charge < -0.3 is 20.4 Å². The zero-order chi connectivity index (χ0) is 14.0. The van der Waals surface area contributed by atoms with Gasteiger partial charge in [0.2, 0.25) is 0 Å². The summed E-state index contributed by atoms with van der Waals surface area (Å²) in [5.74, 6) is 1.17. The fourth-order valence-electron chi connectivity index (χ4n) is 1.83. The van der Waals surface area contributed by atoms with E-state index in [0.717, 1.165) is 0 Å². The summed E-state index contributed by atoms with van der Waals surface area (Å²) in [6, 6.07) is 7.18. The van der Waals surface area contributed by atoms with Crippen molar-refractivity contribution in [3.63, 3.8) is 0 Å². The van der Waals surface area contributed by atoms with Gasteiger partial charge in [0.15, 0.2) is 11.5 Å². The lowest BCUT2D eigenvalue weighted by atomic mass is 10.2. The van der Waals surface area contributed by atoms with Gasteiger partial charge in [0.1, 0.15) is 11.6 Å². The van der Waals surface area contributed by atoms with Crippen molar-refractivity contribution in [2.75, 3.05) is 18.2 Å². The van der Waals surface area contributed by atoms with Crippen molar-refractivity contribution in [1.29, 1.82) is 0 Å². The van der Waals surface area contributed by atoms with Gasteiger partial charge in [0, 0.05) is 7.05 Å². The number of benzene rings is 1. The Bertz CT molecular complexity index is 619. The summed E-state index contributed by atoms with van der Waals surface area (Å²) in [6.07, 6.45) is 0. The molecule has 1 aromatic heterocycles. The molecule has 1 aromatic carbocycles. The number of anilines is 2. The second-order valence-electron chi connectivity index (χ2n) is 4.11. The summed E-state index contributed by atoms with van der Waals surface area (Å²) in [5, 5.41) is 2.77. The molecule has 0 atom stereocenters. The van der Waals surface area contributed by atoms with Crippen LogP contribution in [0.1, 0.15) is 16.3 Å². The number of aromatic nitrogens is 2. The monoisotopic (exact) mass is 260 g/mol. The highest BCUT2D eigenvalue weighted by Gasteiger charge is 2.18. The van der Waals surface area contributed by atoms with Crippen molar-refractivity contribution < 1.29 is 9.53 Å². The molecule has 19 heavy (non-hydrogen) atoms. The van der Waals surface area contributed by atoms with Gasteiger partial charge in [-0.2, -0.15) is 0 Å². The van der Waals surface area contributed by atoms with E-state index in [0.29, 0.717) is 23.0 Å². The molecule has 1 amide bonds. The third kappa shape index (κ3) is 2.37. The third-order valence-corrected chi connectivity index (χ3v) is 2.92. The molecule has 6 heteroatoms. The molecule has 2 aromatic rings. The molecule has 0 saturated carbocycles. The molecule has 0 bridgehead atoms. The number of methoxy groups -OCH3 is 1. The molecule has 0 saturated heterocycles. The van der Waals surface area contributed by atoms with E-state index in [4.69, 9.17) is 10.5 Å². The van der Waals surface area contributed by atoms with Gasteiger partial charge >= 0.3 is 0 Å². The predicted octanol–water partition coefficient (Wildman–Crippen LogP) is 1.57. The number of hydrogen-bond acceptors (Lipinski definition) is 4. The molecule has 1 heterocycles. The minimum Gasteiger partial charge on any atom is -0.495 e. The van der Waals surface area contributed by atoms with Crippen LogP contribution in [0, 0.1) is 6.92 Å². The highest BCUT2D eigenvalue weighted by molar-refractivity contribution is 6.06. The SMILES string of the molecule is COc1ccccc1NC(=O)c1c(N)nc(C)n1C. The van der Waals surface area contributed by atoms with Crippen molar-refractivity contribution in [3.8, 4) is 5.75 Å². The first kappa shape index (κ1) is 12.9. The molecule has 6 nitrogen and oxygen atoms in total. The summed E-state index contributed by atoms with van der Waals surface area (Å²) in [6.45, 7) is 1.79. The Kier molecular flexibility index (Phi) is 3.41. The minimum absolute atomic E-state index is 0.215. The molecule has 3 N–H and O–H groups in total. The fourth-order valence-corrected chi connectivity index (χ4v) is 1.83. The topological polar surface area (TPSA) is 82.2 Å². The number of nitrogens with two attached hydrogens (primary N) is 1. The molecular formula is C13H16N4O2. The van der Waals surface area contributed by atoms with Crippen LogP contribution in [0.4, 0.5) is 11.5 Å². The summed E-state index contributed by atoms with van der Waals surface area (Å²) in [7, 11) is 3.30. The van der Waals surface area contributed by atoms with Crippen LogP contribution in [0.3, 0.4) is 0 Å². The summed E-state index contributed by atoms with van der Waals surface area (Å²) in [4.78, 5) is 16.3. The van der Waals surface area contributed by atoms with Crippen LogP contribution in [0.15, 0.2) is 24.3 Å². The molecule has 100 valence electrons. The van der Waals surface area contributed by atoms with Crippen LogP contribution in [0.25, 0.3) is 0 Å². The number of carbonyl (C=O) groups excluding carboxylic acids is 1. The van der Waals surface area contributed by atoms with E-state index in [1.165, 1.54) is 0 Å². The van der Waals surface area contributed by atoms with Gasteiger partial charge in [-0.3, -0.25) is 4.79 Å². The Morgan fingerprint density at radius 1 is 1.42 bits per heavy atom. The van der Waals surface area contributed by atoms with Crippen molar-refractivity contribution >= 4 is 17.4 Å². The van der Waals surface area contributed by atoms with E-state index in [-0.39, 0.29) is 11.7 Å². The number of hydrogen-bond donors (Lipinski definition) is 2. The van der Waals surface area contributed by atoms with E-state index >= 15 is 0 Å². The number of ether oxygens (including phenoxy) is 1. The van der Waals surface area contributed by atoms with E-state index in [2.05, 4.69) is 10.3 Å². The first-order valence-corrected chi connectivity index (χ1v) is 5.77. The number of amides is 1. The zero-order valence-electron chi connectivity index (χ0n) is 11.1. The number of nitrogens with zero attached hydrogens (tertiary/aromatic N) is 2. The average Bonchev–Trinajstić information content (AvgIpc) is 2.64. The lowest BCUT2D eigenvalue weighted by Crippen LogP contribution is -2.18. The molecule has 0 radical (unpaired) electrons. The van der Waals surface area contributed by atoms with Crippen LogP contribution in [-0.4, -0.2) is 22.6 Å². The summed E-state index contributed by atoms with van der Waals surface area (Å²) < 4.78 is 6.83. The molecule has 0 spiro atoms. The summed E-state index contributed by atoms with van der Waals surface area (Å²) >= 11 is 0. The maximum Gasteiger partial charge on any atom is 0.276 e. The number of para-hydroxylation sites is 2. The standard InChI is InChI=1S/C13H16N4O2/c1-8-15-12(14)11(17(8)2)13(18)16-9-6-4-5-7-10(9)19-3/h4-7H,14H2,1-3H3,(H,16,18). The number of nitrogen functional groups attached to an aromatic ring is 1. The Hall–Kier alpha value is -2.50. The normalized spacial score (nSPS) is 10.3. The van der Waals surface area contributed by atoms with Crippen molar-refractivity contribution in [1.82, 2.24) is 9.55 Å². The second kappa shape index (κ2) is 5.01. The number of imidazole rings is 1. The van der Waals surface area contributed by atoms with E-state index in [1.807, 2.05) is 12.1 Å². The Balaban J connectivity index is 2.31. The van der Waals surface area contributed by atoms with Crippen LogP contribution in [0.5, 0.6) is 5.75 Å². The van der Waals surface area contributed by atoms with Gasteiger partial charge in [0.25, 0.3) is 5.91 Å². The smallest absolute Gasteiger partial charge is 0.276 e. The van der Waals surface area contributed by atoms with E-state index in [9.17, 15) is 4.79 Å². The first-order valence-electron chi connectivity index (χ1n) is 5.77. The Labute approximate surface area is 111 Å². The van der Waals surface area contributed by atoms with Crippen LogP contribution in [0.2, 0.25) is 0 Å². The molecular weight excluding hydrogens is 244 g/mol. The van der Waals surface area contributed by atoms with Crippen molar-refractivity contribution in [2.24, 2.45) is 7.05 Å². The fraction of sp³-hybridized carbons (Fsp3) is 0.231. The Morgan fingerprint density at radius 2 is 2.11 bits per heavy atom. The highest BCUT2D eigenvalue weighted by Crippen LogP contribution is 2.24. The largest absolute Gasteiger partial charge is 0.495 e. The first-order chi connectivity index (χ1) is 9.04. The van der Waals surface area contributed by atoms with Crippen LogP contribution in [-0.2, 0) is 7.05 Å². The second-order valence-corrected chi connectivity index (χ2v) is 4.11. The van der Waals surface area contributed by atoms with Gasteiger partial charge in [-0.25, -0.2) is 4.98 Å². The van der Waals surface area contributed by atoms with E-state index < -0.39 is 0 Å². The molecule has 0 aliphatic heterocycles. The van der Waals surface area contributed by atoms with Gasteiger partial charge in [-0.05, 0) is 19.1 Å². The highest BCUT2D eigenvalue weighted by atomic mass is 16.5. The summed E-state index contributed by atoms with van der Waals surface area (Å²) in [5.41, 5.74) is 6.67. The van der Waals surface area contributed by atoms with Gasteiger partial charge in [0.05, 0.1) is 12.8 Å². The minimum atomic E-state index is -0.315. The molecule has 0 aliphatic carbocycles. The van der Waals surface area contributed by atoms with Gasteiger partial charge in [-0.1, -0.05) is 12.1 Å². The lowest BCUT2D eigenvalue weighted by Gasteiger charge is -2.10. The van der Waals surface area contributed by atoms with E-state index in [1.54, 1.807) is 37.8 Å². The van der Waals surface area contributed by atoms with Crippen molar-refractivity contribution in [2.45, 2.75) is 6.92 Å². The third-order valence-electron chi connectivity index (χ3n) is 2.92. The predicted molar refractivity (Wildman–Crippen MR) is 73.3 cm³/mol. The number of carbonyl (C=O) groups is 1. The van der Waals surface area contributed by atoms with Gasteiger partial charge in [-0.15, -0.1) is 0 Å². The number of nitrogens with one attached hydrogen (secondary N) is 1. The average molecular weight is 260 g/mol. The number of rotatable bonds is 3. The van der Waals surface area contributed by atoms with Crippen molar-refractivity contribution in [3.05, 3.63) is 35.8 Å². The molecule has 0 fully saturated rings. The molecule has 0 aliphatic rings. The van der Waals surface area contributed by atoms with Crippen LogP contribution >= 0.6 is 0 Å². The maximum absolute atomic E-state index is 12.2. The van der Waals surface area contributed by atoms with Crippen LogP contribution < -0.4 is 15.8 Å². The lowest BCUT2D eigenvalue weighted by molar-refractivity contribution is 0.101. The molecule has 0 unspecified atom stereocenters. The maximum atomic E-state index is 12.2. The zero-order valence-corrected chi connectivity index (χ0v) is 11.1. The number of aryl methyl sites for hydroxylation is 1. The quantitative estimate of drug-likeness (QED) is 0.877. The Morgan fingerprint density at radius 3 is 2.68 bits per heavy atom.